The number of ether oxygens (including phenoxy) is 2. The maximum Gasteiger partial charge on any atom is 0.336 e. The lowest BCUT2D eigenvalue weighted by molar-refractivity contribution is 0.0610. The van der Waals surface area contributed by atoms with Crippen molar-refractivity contribution in [3.63, 3.8) is 0 Å². The lowest BCUT2D eigenvalue weighted by Gasteiger charge is -2.26. The standard InChI is InChI=1S/C12H14O4S/c1-15-9-5-6-16-10-7(9)3-4-8(12(13)14)11(10)17-2/h3-4,9H,5-6H2,1-2H3,(H,13,14). The first-order valence-electron chi connectivity index (χ1n) is 5.28. The number of fused-ring (bicyclic) bond motifs is 1. The molecule has 0 amide bonds. The summed E-state index contributed by atoms with van der Waals surface area (Å²) in [6.45, 7) is 0.558. The zero-order valence-corrected chi connectivity index (χ0v) is 10.5. The van der Waals surface area contributed by atoms with Gasteiger partial charge < -0.3 is 14.6 Å². The molecule has 0 fully saturated rings. The van der Waals surface area contributed by atoms with E-state index in [9.17, 15) is 4.79 Å². The SMILES string of the molecule is COC1CCOc2c1ccc(C(=O)O)c2SC. The third-order valence-electron chi connectivity index (χ3n) is 2.83. The molecule has 1 aliphatic rings. The zero-order valence-electron chi connectivity index (χ0n) is 9.73. The van der Waals surface area contributed by atoms with E-state index in [2.05, 4.69) is 0 Å². The molecular formula is C12H14O4S. The van der Waals surface area contributed by atoms with Gasteiger partial charge in [-0.1, -0.05) is 6.07 Å². The largest absolute Gasteiger partial charge is 0.492 e. The number of hydrogen-bond acceptors (Lipinski definition) is 4. The number of rotatable bonds is 3. The maximum atomic E-state index is 11.1. The zero-order chi connectivity index (χ0) is 12.4. The predicted molar refractivity (Wildman–Crippen MR) is 65.0 cm³/mol. The van der Waals surface area contributed by atoms with Gasteiger partial charge in [-0.05, 0) is 12.3 Å². The first-order valence-corrected chi connectivity index (χ1v) is 6.51. The van der Waals surface area contributed by atoms with Crippen molar-refractivity contribution in [3.8, 4) is 5.75 Å². The fourth-order valence-corrected chi connectivity index (χ4v) is 2.76. The second-order valence-corrected chi connectivity index (χ2v) is 4.55. The minimum Gasteiger partial charge on any atom is -0.492 e. The Morgan fingerprint density at radius 3 is 2.94 bits per heavy atom. The van der Waals surface area contributed by atoms with Gasteiger partial charge in [0.2, 0.25) is 0 Å². The molecule has 5 heteroatoms. The van der Waals surface area contributed by atoms with Crippen LogP contribution in [0, 0.1) is 0 Å². The first kappa shape index (κ1) is 12.3. The maximum absolute atomic E-state index is 11.1. The van der Waals surface area contributed by atoms with Crippen LogP contribution in [0.2, 0.25) is 0 Å². The molecule has 1 unspecified atom stereocenters. The summed E-state index contributed by atoms with van der Waals surface area (Å²) in [6.07, 6.45) is 2.64. The summed E-state index contributed by atoms with van der Waals surface area (Å²) in [6, 6.07) is 3.40. The Hall–Kier alpha value is -1.20. The van der Waals surface area contributed by atoms with E-state index in [0.717, 1.165) is 12.0 Å². The number of thioether (sulfide) groups is 1. The Morgan fingerprint density at radius 1 is 1.59 bits per heavy atom. The molecular weight excluding hydrogens is 240 g/mol. The first-order chi connectivity index (χ1) is 8.19. The minimum atomic E-state index is -0.930. The van der Waals surface area contributed by atoms with Gasteiger partial charge in [0.25, 0.3) is 0 Å². The van der Waals surface area contributed by atoms with Crippen molar-refractivity contribution in [2.75, 3.05) is 20.0 Å². The number of carbonyl (C=O) groups is 1. The number of methoxy groups -OCH3 is 1. The van der Waals surface area contributed by atoms with Gasteiger partial charge in [0.15, 0.2) is 0 Å². The molecule has 0 spiro atoms. The Balaban J connectivity index is 2.56. The van der Waals surface area contributed by atoms with Crippen molar-refractivity contribution in [2.24, 2.45) is 0 Å². The molecule has 92 valence electrons. The molecule has 0 saturated heterocycles. The summed E-state index contributed by atoms with van der Waals surface area (Å²) >= 11 is 1.39. The Bertz CT molecular complexity index is 444. The molecule has 2 rings (SSSR count). The monoisotopic (exact) mass is 254 g/mol. The molecule has 17 heavy (non-hydrogen) atoms. The predicted octanol–water partition coefficient (Wildman–Crippen LogP) is 2.58. The van der Waals surface area contributed by atoms with Crippen LogP contribution in [0.1, 0.15) is 28.4 Å². The Labute approximate surface area is 104 Å². The molecule has 1 atom stereocenters. The van der Waals surface area contributed by atoms with Crippen LogP contribution < -0.4 is 4.74 Å². The van der Waals surface area contributed by atoms with Crippen molar-refractivity contribution in [2.45, 2.75) is 17.4 Å². The van der Waals surface area contributed by atoms with Crippen LogP contribution >= 0.6 is 11.8 Å². The molecule has 4 nitrogen and oxygen atoms in total. The van der Waals surface area contributed by atoms with E-state index in [-0.39, 0.29) is 11.7 Å². The molecule has 0 bridgehead atoms. The average molecular weight is 254 g/mol. The van der Waals surface area contributed by atoms with E-state index in [1.165, 1.54) is 11.8 Å². The van der Waals surface area contributed by atoms with Gasteiger partial charge in [0, 0.05) is 19.1 Å². The van der Waals surface area contributed by atoms with Gasteiger partial charge >= 0.3 is 5.97 Å². The van der Waals surface area contributed by atoms with Crippen molar-refractivity contribution in [1.82, 2.24) is 0 Å². The number of benzene rings is 1. The van der Waals surface area contributed by atoms with Crippen molar-refractivity contribution in [1.29, 1.82) is 0 Å². The van der Waals surface area contributed by atoms with E-state index in [1.807, 2.05) is 6.26 Å². The highest BCUT2D eigenvalue weighted by Crippen LogP contribution is 2.42. The van der Waals surface area contributed by atoms with Crippen molar-refractivity contribution < 1.29 is 19.4 Å². The van der Waals surface area contributed by atoms with E-state index in [1.54, 1.807) is 19.2 Å². The summed E-state index contributed by atoms with van der Waals surface area (Å²) < 4.78 is 11.0. The van der Waals surface area contributed by atoms with E-state index < -0.39 is 5.97 Å². The van der Waals surface area contributed by atoms with Gasteiger partial charge in [-0.25, -0.2) is 4.79 Å². The van der Waals surface area contributed by atoms with Gasteiger partial charge in [-0.2, -0.15) is 0 Å². The molecule has 1 aromatic rings. The second-order valence-electron chi connectivity index (χ2n) is 3.73. The summed E-state index contributed by atoms with van der Waals surface area (Å²) in [5, 5.41) is 9.12. The van der Waals surface area contributed by atoms with Gasteiger partial charge in [-0.15, -0.1) is 11.8 Å². The summed E-state index contributed by atoms with van der Waals surface area (Å²) in [5.74, 6) is -0.268. The fraction of sp³-hybridized carbons (Fsp3) is 0.417. The summed E-state index contributed by atoms with van der Waals surface area (Å²) in [4.78, 5) is 11.8. The average Bonchev–Trinajstić information content (AvgIpc) is 2.36. The smallest absolute Gasteiger partial charge is 0.336 e. The van der Waals surface area contributed by atoms with E-state index >= 15 is 0 Å². The highest BCUT2D eigenvalue weighted by Gasteiger charge is 2.26. The minimum absolute atomic E-state index is 0.00695. The second kappa shape index (κ2) is 4.98. The van der Waals surface area contributed by atoms with Crippen LogP contribution in [-0.4, -0.2) is 31.0 Å². The normalized spacial score (nSPS) is 18.4. The Kier molecular flexibility index (Phi) is 3.59. The molecule has 0 aromatic heterocycles. The summed E-state index contributed by atoms with van der Waals surface area (Å²) in [5.41, 5.74) is 1.22. The van der Waals surface area contributed by atoms with Crippen LogP contribution in [0.5, 0.6) is 5.75 Å². The van der Waals surface area contributed by atoms with Gasteiger partial charge in [0.1, 0.15) is 5.75 Å². The van der Waals surface area contributed by atoms with Crippen molar-refractivity contribution >= 4 is 17.7 Å². The fourth-order valence-electron chi connectivity index (χ4n) is 2.02. The van der Waals surface area contributed by atoms with Crippen LogP contribution in [0.25, 0.3) is 0 Å². The molecule has 1 heterocycles. The number of carboxylic acid groups (broad SMARTS) is 1. The van der Waals surface area contributed by atoms with Crippen LogP contribution in [-0.2, 0) is 4.74 Å². The highest BCUT2D eigenvalue weighted by atomic mass is 32.2. The third kappa shape index (κ3) is 2.12. The highest BCUT2D eigenvalue weighted by molar-refractivity contribution is 7.98. The lowest BCUT2D eigenvalue weighted by atomic mass is 10.0. The molecule has 1 aliphatic heterocycles. The quantitative estimate of drug-likeness (QED) is 0.840. The van der Waals surface area contributed by atoms with E-state index in [4.69, 9.17) is 14.6 Å². The molecule has 0 radical (unpaired) electrons. The summed E-state index contributed by atoms with van der Waals surface area (Å²) in [7, 11) is 1.66. The number of aromatic carboxylic acids is 1. The Morgan fingerprint density at radius 2 is 2.35 bits per heavy atom. The molecule has 0 aliphatic carbocycles. The molecule has 1 aromatic carbocycles. The van der Waals surface area contributed by atoms with Gasteiger partial charge in [-0.3, -0.25) is 0 Å². The van der Waals surface area contributed by atoms with Crippen LogP contribution in [0.15, 0.2) is 17.0 Å². The number of carboxylic acids is 1. The topological polar surface area (TPSA) is 55.8 Å². The van der Waals surface area contributed by atoms with Crippen LogP contribution in [0.4, 0.5) is 0 Å². The number of hydrogen-bond donors (Lipinski definition) is 1. The molecule has 0 saturated carbocycles. The van der Waals surface area contributed by atoms with E-state index in [0.29, 0.717) is 17.3 Å². The van der Waals surface area contributed by atoms with Crippen LogP contribution in [0.3, 0.4) is 0 Å². The van der Waals surface area contributed by atoms with Gasteiger partial charge in [0.05, 0.1) is 23.2 Å². The lowest BCUT2D eigenvalue weighted by Crippen LogP contribution is -2.17. The van der Waals surface area contributed by atoms with Crippen molar-refractivity contribution in [3.05, 3.63) is 23.3 Å². The molecule has 1 N–H and O–H groups in total. The third-order valence-corrected chi connectivity index (χ3v) is 3.65.